The standard InChI is InChI=1S/C20H20N6/c1-2-11-25(12-3-1)19-9-8-18-22-23-20(26(18)24-19)14-15-6-7-17-16(13-15)5-4-10-21-17/h4-10,13H,1-3,11-12,14H2. The third-order valence-corrected chi connectivity index (χ3v) is 5.02. The molecule has 0 atom stereocenters. The largest absolute Gasteiger partial charge is 0.355 e. The van der Waals surface area contributed by atoms with Gasteiger partial charge in [-0.05, 0) is 55.2 Å². The molecule has 5 rings (SSSR count). The summed E-state index contributed by atoms with van der Waals surface area (Å²) in [4.78, 5) is 6.74. The first-order valence-corrected chi connectivity index (χ1v) is 9.17. The number of rotatable bonds is 3. The Morgan fingerprint density at radius 1 is 0.923 bits per heavy atom. The molecule has 0 radical (unpaired) electrons. The third kappa shape index (κ3) is 2.77. The van der Waals surface area contributed by atoms with Crippen LogP contribution in [0.5, 0.6) is 0 Å². The van der Waals surface area contributed by atoms with Gasteiger partial charge in [0, 0.05) is 31.1 Å². The maximum atomic E-state index is 4.82. The zero-order valence-corrected chi connectivity index (χ0v) is 14.5. The summed E-state index contributed by atoms with van der Waals surface area (Å²) in [7, 11) is 0. The van der Waals surface area contributed by atoms with Crippen LogP contribution in [0.2, 0.25) is 0 Å². The van der Waals surface area contributed by atoms with Crippen molar-refractivity contribution in [2.45, 2.75) is 25.7 Å². The Labute approximate surface area is 151 Å². The normalized spacial score (nSPS) is 15.0. The molecule has 4 aromatic rings. The molecule has 0 spiro atoms. The quantitative estimate of drug-likeness (QED) is 0.571. The van der Waals surface area contributed by atoms with Crippen molar-refractivity contribution in [2.24, 2.45) is 0 Å². The Morgan fingerprint density at radius 3 is 2.77 bits per heavy atom. The molecular formula is C20H20N6. The maximum absolute atomic E-state index is 4.82. The Kier molecular flexibility index (Phi) is 3.74. The van der Waals surface area contributed by atoms with E-state index in [0.717, 1.165) is 41.3 Å². The van der Waals surface area contributed by atoms with E-state index in [0.29, 0.717) is 6.42 Å². The van der Waals surface area contributed by atoms with E-state index in [1.165, 1.54) is 24.8 Å². The van der Waals surface area contributed by atoms with Crippen molar-refractivity contribution in [1.82, 2.24) is 24.8 Å². The lowest BCUT2D eigenvalue weighted by Crippen LogP contribution is -2.30. The topological polar surface area (TPSA) is 59.2 Å². The Bertz CT molecular complexity index is 1060. The highest BCUT2D eigenvalue weighted by atomic mass is 15.4. The second-order valence-corrected chi connectivity index (χ2v) is 6.83. The molecule has 0 bridgehead atoms. The number of benzene rings is 1. The lowest BCUT2D eigenvalue weighted by molar-refractivity contribution is 0.569. The van der Waals surface area contributed by atoms with Gasteiger partial charge in [-0.15, -0.1) is 15.3 Å². The number of hydrogen-bond donors (Lipinski definition) is 0. The molecule has 1 aromatic carbocycles. The molecule has 26 heavy (non-hydrogen) atoms. The number of nitrogens with zero attached hydrogens (tertiary/aromatic N) is 6. The summed E-state index contributed by atoms with van der Waals surface area (Å²) in [6.07, 6.45) is 6.30. The molecule has 4 heterocycles. The van der Waals surface area contributed by atoms with Crippen molar-refractivity contribution in [3.05, 3.63) is 60.0 Å². The maximum Gasteiger partial charge on any atom is 0.178 e. The zero-order valence-electron chi connectivity index (χ0n) is 14.5. The van der Waals surface area contributed by atoms with Gasteiger partial charge < -0.3 is 4.90 Å². The first-order chi connectivity index (χ1) is 12.9. The molecule has 0 amide bonds. The first kappa shape index (κ1) is 15.3. The minimum Gasteiger partial charge on any atom is -0.355 e. The van der Waals surface area contributed by atoms with Crippen LogP contribution in [0.15, 0.2) is 48.7 Å². The van der Waals surface area contributed by atoms with Crippen LogP contribution in [-0.4, -0.2) is 37.9 Å². The number of pyridine rings is 1. The van der Waals surface area contributed by atoms with E-state index in [-0.39, 0.29) is 0 Å². The summed E-state index contributed by atoms with van der Waals surface area (Å²) in [5.41, 5.74) is 2.99. The minimum absolute atomic E-state index is 0.697. The summed E-state index contributed by atoms with van der Waals surface area (Å²) in [5.74, 6) is 1.88. The highest BCUT2D eigenvalue weighted by Crippen LogP contribution is 2.19. The van der Waals surface area contributed by atoms with E-state index in [1.807, 2.05) is 22.8 Å². The number of aromatic nitrogens is 5. The Hall–Kier alpha value is -3.02. The molecule has 0 saturated carbocycles. The summed E-state index contributed by atoms with van der Waals surface area (Å²) >= 11 is 0. The second kappa shape index (κ2) is 6.37. The highest BCUT2D eigenvalue weighted by Gasteiger charge is 2.15. The molecule has 1 saturated heterocycles. The molecule has 1 aliphatic heterocycles. The van der Waals surface area contributed by atoms with Crippen molar-refractivity contribution in [2.75, 3.05) is 18.0 Å². The predicted molar refractivity (Wildman–Crippen MR) is 101 cm³/mol. The molecule has 0 unspecified atom stereocenters. The number of fused-ring (bicyclic) bond motifs is 2. The van der Waals surface area contributed by atoms with Gasteiger partial charge in [0.15, 0.2) is 11.5 Å². The molecular weight excluding hydrogens is 324 g/mol. The van der Waals surface area contributed by atoms with Crippen LogP contribution in [0.25, 0.3) is 16.6 Å². The van der Waals surface area contributed by atoms with Crippen molar-refractivity contribution in [3.63, 3.8) is 0 Å². The third-order valence-electron chi connectivity index (χ3n) is 5.02. The van der Waals surface area contributed by atoms with Crippen LogP contribution in [0.3, 0.4) is 0 Å². The van der Waals surface area contributed by atoms with Gasteiger partial charge in [-0.1, -0.05) is 12.1 Å². The summed E-state index contributed by atoms with van der Waals surface area (Å²) in [6.45, 7) is 2.15. The summed E-state index contributed by atoms with van der Waals surface area (Å²) in [6, 6.07) is 14.4. The minimum atomic E-state index is 0.697. The van der Waals surface area contributed by atoms with Gasteiger partial charge in [0.2, 0.25) is 0 Å². The Morgan fingerprint density at radius 2 is 1.85 bits per heavy atom. The fourth-order valence-electron chi connectivity index (χ4n) is 3.64. The van der Waals surface area contributed by atoms with Gasteiger partial charge in [0.25, 0.3) is 0 Å². The molecule has 0 N–H and O–H groups in total. The van der Waals surface area contributed by atoms with E-state index in [1.54, 1.807) is 0 Å². The van der Waals surface area contributed by atoms with Crippen LogP contribution >= 0.6 is 0 Å². The van der Waals surface area contributed by atoms with E-state index in [9.17, 15) is 0 Å². The monoisotopic (exact) mass is 344 g/mol. The van der Waals surface area contributed by atoms with Gasteiger partial charge in [-0.3, -0.25) is 4.98 Å². The highest BCUT2D eigenvalue weighted by molar-refractivity contribution is 5.79. The number of piperidine rings is 1. The predicted octanol–water partition coefficient (Wildman–Crippen LogP) is 3.25. The van der Waals surface area contributed by atoms with E-state index in [2.05, 4.69) is 50.4 Å². The average Bonchev–Trinajstić information content (AvgIpc) is 3.10. The molecule has 0 aliphatic carbocycles. The van der Waals surface area contributed by atoms with E-state index >= 15 is 0 Å². The molecule has 3 aromatic heterocycles. The van der Waals surface area contributed by atoms with Crippen LogP contribution in [0, 0.1) is 0 Å². The van der Waals surface area contributed by atoms with Crippen molar-refractivity contribution < 1.29 is 0 Å². The smallest absolute Gasteiger partial charge is 0.178 e. The van der Waals surface area contributed by atoms with E-state index < -0.39 is 0 Å². The van der Waals surface area contributed by atoms with Crippen LogP contribution < -0.4 is 4.90 Å². The lowest BCUT2D eigenvalue weighted by Gasteiger charge is -2.27. The molecule has 130 valence electrons. The van der Waals surface area contributed by atoms with Crippen molar-refractivity contribution >= 4 is 22.4 Å². The van der Waals surface area contributed by atoms with Gasteiger partial charge in [-0.2, -0.15) is 4.52 Å². The molecule has 1 fully saturated rings. The van der Waals surface area contributed by atoms with Crippen LogP contribution in [0.4, 0.5) is 5.82 Å². The summed E-state index contributed by atoms with van der Waals surface area (Å²) in [5, 5.41) is 14.6. The zero-order chi connectivity index (χ0) is 17.3. The van der Waals surface area contributed by atoms with Gasteiger partial charge >= 0.3 is 0 Å². The van der Waals surface area contributed by atoms with E-state index in [4.69, 9.17) is 5.10 Å². The summed E-state index contributed by atoms with van der Waals surface area (Å²) < 4.78 is 1.89. The van der Waals surface area contributed by atoms with Crippen LogP contribution in [-0.2, 0) is 6.42 Å². The first-order valence-electron chi connectivity index (χ1n) is 9.17. The van der Waals surface area contributed by atoms with Crippen LogP contribution in [0.1, 0.15) is 30.7 Å². The second-order valence-electron chi connectivity index (χ2n) is 6.83. The average molecular weight is 344 g/mol. The fraction of sp³-hybridized carbons (Fsp3) is 0.300. The Balaban J connectivity index is 1.49. The van der Waals surface area contributed by atoms with Crippen molar-refractivity contribution in [3.8, 4) is 0 Å². The number of hydrogen-bond acceptors (Lipinski definition) is 5. The van der Waals surface area contributed by atoms with Crippen molar-refractivity contribution in [1.29, 1.82) is 0 Å². The van der Waals surface area contributed by atoms with Gasteiger partial charge in [0.1, 0.15) is 5.82 Å². The molecule has 6 heteroatoms. The van der Waals surface area contributed by atoms with Gasteiger partial charge in [0.05, 0.1) is 5.52 Å². The van der Waals surface area contributed by atoms with Gasteiger partial charge in [-0.25, -0.2) is 0 Å². The fourth-order valence-corrected chi connectivity index (χ4v) is 3.64. The number of anilines is 1. The lowest BCUT2D eigenvalue weighted by atomic mass is 10.1. The molecule has 6 nitrogen and oxygen atoms in total. The molecule has 1 aliphatic rings. The SMILES string of the molecule is c1cnc2ccc(Cc3nnc4ccc(N5CCCCC5)nn34)cc2c1.